The molecule has 0 aliphatic carbocycles. The van der Waals surface area contributed by atoms with E-state index < -0.39 is 10.0 Å². The van der Waals surface area contributed by atoms with Crippen LogP contribution in [0.4, 0.5) is 0 Å². The van der Waals surface area contributed by atoms with E-state index in [0.717, 1.165) is 5.56 Å². The maximum absolute atomic E-state index is 12.8. The Kier molecular flexibility index (Phi) is 6.27. The van der Waals surface area contributed by atoms with Crippen molar-refractivity contribution in [3.05, 3.63) is 48.0 Å². The third-order valence-electron chi connectivity index (χ3n) is 3.75. The van der Waals surface area contributed by atoms with Crippen molar-refractivity contribution >= 4 is 10.0 Å². The van der Waals surface area contributed by atoms with Crippen LogP contribution in [0.1, 0.15) is 5.56 Å². The topological polar surface area (TPSA) is 65.1 Å². The van der Waals surface area contributed by atoms with Gasteiger partial charge in [0.1, 0.15) is 28.8 Å². The Morgan fingerprint density at radius 3 is 2.20 bits per heavy atom. The first-order valence-electron chi connectivity index (χ1n) is 7.76. The highest BCUT2D eigenvalue weighted by atomic mass is 32.2. The Bertz CT molecular complexity index is 803. The van der Waals surface area contributed by atoms with Crippen LogP contribution in [-0.4, -0.2) is 47.1 Å². The van der Waals surface area contributed by atoms with Crippen LogP contribution < -0.4 is 14.2 Å². The molecule has 136 valence electrons. The molecule has 2 rings (SSSR count). The molecule has 6 nitrogen and oxygen atoms in total. The van der Waals surface area contributed by atoms with Crippen molar-refractivity contribution in [2.24, 2.45) is 0 Å². The van der Waals surface area contributed by atoms with Gasteiger partial charge in [0.15, 0.2) is 0 Å². The molecule has 0 saturated carbocycles. The molecular weight excluding hydrogens is 342 g/mol. The van der Waals surface area contributed by atoms with Gasteiger partial charge < -0.3 is 14.2 Å². The largest absolute Gasteiger partial charge is 0.497 e. The molecule has 0 spiro atoms. The minimum absolute atomic E-state index is 0.0622. The average Bonchev–Trinajstić information content (AvgIpc) is 2.62. The molecule has 0 aromatic heterocycles. The maximum atomic E-state index is 12.8. The molecule has 0 unspecified atom stereocenters. The van der Waals surface area contributed by atoms with Crippen molar-refractivity contribution in [1.82, 2.24) is 4.31 Å². The van der Waals surface area contributed by atoms with E-state index in [0.29, 0.717) is 11.5 Å². The summed E-state index contributed by atoms with van der Waals surface area (Å²) in [4.78, 5) is 0.0622. The molecule has 0 heterocycles. The predicted molar refractivity (Wildman–Crippen MR) is 96.0 cm³/mol. The lowest BCUT2D eigenvalue weighted by Gasteiger charge is -2.19. The molecule has 0 aliphatic heterocycles. The predicted octanol–water partition coefficient (Wildman–Crippen LogP) is 2.71. The van der Waals surface area contributed by atoms with Crippen molar-refractivity contribution in [3.8, 4) is 17.2 Å². The normalized spacial score (nSPS) is 11.4. The number of sulfonamides is 1. The van der Waals surface area contributed by atoms with E-state index in [1.165, 1.54) is 31.6 Å². The summed E-state index contributed by atoms with van der Waals surface area (Å²) in [6.45, 7) is 2.44. The van der Waals surface area contributed by atoms with Gasteiger partial charge >= 0.3 is 0 Å². The van der Waals surface area contributed by atoms with Crippen LogP contribution in [0.2, 0.25) is 0 Å². The lowest BCUT2D eigenvalue weighted by Crippen LogP contribution is -2.31. The first-order chi connectivity index (χ1) is 11.9. The van der Waals surface area contributed by atoms with Gasteiger partial charge in [-0.15, -0.1) is 0 Å². The van der Waals surface area contributed by atoms with Crippen LogP contribution in [0.3, 0.4) is 0 Å². The number of hydrogen-bond donors (Lipinski definition) is 0. The number of benzene rings is 2. The fourth-order valence-electron chi connectivity index (χ4n) is 2.20. The van der Waals surface area contributed by atoms with Crippen LogP contribution >= 0.6 is 0 Å². The van der Waals surface area contributed by atoms with Gasteiger partial charge in [0.25, 0.3) is 0 Å². The monoisotopic (exact) mass is 365 g/mol. The highest BCUT2D eigenvalue weighted by Crippen LogP contribution is 2.30. The summed E-state index contributed by atoms with van der Waals surface area (Å²) in [6.07, 6.45) is 0. The number of nitrogens with zero attached hydrogens (tertiary/aromatic N) is 1. The van der Waals surface area contributed by atoms with Gasteiger partial charge in [-0.3, -0.25) is 0 Å². The fraction of sp³-hybridized carbons (Fsp3) is 0.333. The SMILES string of the molecule is COc1ccc(OC)c(S(=O)(=O)N(C)CCOc2ccc(C)cc2)c1. The van der Waals surface area contributed by atoms with Gasteiger partial charge in [-0.05, 0) is 31.2 Å². The van der Waals surface area contributed by atoms with Crippen molar-refractivity contribution in [3.63, 3.8) is 0 Å². The van der Waals surface area contributed by atoms with E-state index in [1.807, 2.05) is 31.2 Å². The molecule has 0 fully saturated rings. The molecule has 7 heteroatoms. The molecule has 25 heavy (non-hydrogen) atoms. The highest BCUT2D eigenvalue weighted by molar-refractivity contribution is 7.89. The molecule has 0 radical (unpaired) electrons. The van der Waals surface area contributed by atoms with Gasteiger partial charge in [0.05, 0.1) is 14.2 Å². The van der Waals surface area contributed by atoms with E-state index in [-0.39, 0.29) is 23.8 Å². The van der Waals surface area contributed by atoms with E-state index >= 15 is 0 Å². The summed E-state index contributed by atoms with van der Waals surface area (Å²) < 4.78 is 42.7. The van der Waals surface area contributed by atoms with E-state index in [2.05, 4.69) is 0 Å². The second-order valence-electron chi connectivity index (χ2n) is 5.50. The third-order valence-corrected chi connectivity index (χ3v) is 5.63. The second-order valence-corrected chi connectivity index (χ2v) is 7.52. The van der Waals surface area contributed by atoms with Crippen LogP contribution in [0.5, 0.6) is 17.2 Å². The number of rotatable bonds is 8. The quantitative estimate of drug-likeness (QED) is 0.720. The lowest BCUT2D eigenvalue weighted by molar-refractivity contribution is 0.286. The van der Waals surface area contributed by atoms with E-state index in [9.17, 15) is 8.42 Å². The molecule has 0 N–H and O–H groups in total. The molecule has 0 amide bonds. The minimum atomic E-state index is -3.73. The third kappa shape index (κ3) is 4.64. The van der Waals surface area contributed by atoms with Gasteiger partial charge in [0, 0.05) is 19.7 Å². The summed E-state index contributed by atoms with van der Waals surface area (Å²) in [5.41, 5.74) is 1.14. The van der Waals surface area contributed by atoms with Gasteiger partial charge in [-0.1, -0.05) is 17.7 Å². The lowest BCUT2D eigenvalue weighted by atomic mass is 10.2. The number of ether oxygens (including phenoxy) is 3. The molecule has 0 aliphatic rings. The van der Waals surface area contributed by atoms with Gasteiger partial charge in [-0.25, -0.2) is 8.42 Å². The smallest absolute Gasteiger partial charge is 0.246 e. The molecule has 2 aromatic carbocycles. The Morgan fingerprint density at radius 2 is 1.60 bits per heavy atom. The maximum Gasteiger partial charge on any atom is 0.246 e. The zero-order valence-electron chi connectivity index (χ0n) is 14.9. The van der Waals surface area contributed by atoms with Crippen LogP contribution in [0, 0.1) is 6.92 Å². The standard InChI is InChI=1S/C18H23NO5S/c1-14-5-7-15(8-6-14)24-12-11-19(2)25(20,21)18-13-16(22-3)9-10-17(18)23-4/h5-10,13H,11-12H2,1-4H3. The second kappa shape index (κ2) is 8.22. The Labute approximate surface area is 149 Å². The molecule has 0 saturated heterocycles. The highest BCUT2D eigenvalue weighted by Gasteiger charge is 2.25. The van der Waals surface area contributed by atoms with Gasteiger partial charge in [0.2, 0.25) is 10.0 Å². The van der Waals surface area contributed by atoms with Crippen LogP contribution in [-0.2, 0) is 10.0 Å². The molecular formula is C18H23NO5S. The minimum Gasteiger partial charge on any atom is -0.497 e. The summed E-state index contributed by atoms with van der Waals surface area (Å²) in [5, 5.41) is 0. The Hall–Kier alpha value is -2.25. The van der Waals surface area contributed by atoms with Crippen molar-refractivity contribution in [2.75, 3.05) is 34.4 Å². The summed E-state index contributed by atoms with van der Waals surface area (Å²) >= 11 is 0. The Balaban J connectivity index is 2.09. The number of hydrogen-bond acceptors (Lipinski definition) is 5. The first-order valence-corrected chi connectivity index (χ1v) is 9.20. The molecule has 2 aromatic rings. The fourth-order valence-corrected chi connectivity index (χ4v) is 3.52. The number of aryl methyl sites for hydroxylation is 1. The van der Waals surface area contributed by atoms with Crippen molar-refractivity contribution < 1.29 is 22.6 Å². The van der Waals surface area contributed by atoms with Crippen molar-refractivity contribution in [2.45, 2.75) is 11.8 Å². The van der Waals surface area contributed by atoms with Crippen LogP contribution in [0.25, 0.3) is 0 Å². The number of methoxy groups -OCH3 is 2. The molecule has 0 bridgehead atoms. The Morgan fingerprint density at radius 1 is 0.960 bits per heavy atom. The number of likely N-dealkylation sites (N-methyl/N-ethyl adjacent to an activating group) is 1. The van der Waals surface area contributed by atoms with Crippen LogP contribution in [0.15, 0.2) is 47.4 Å². The van der Waals surface area contributed by atoms with E-state index in [4.69, 9.17) is 14.2 Å². The zero-order chi connectivity index (χ0) is 18.4. The molecule has 0 atom stereocenters. The average molecular weight is 365 g/mol. The summed E-state index contributed by atoms with van der Waals surface area (Å²) in [5.74, 6) is 1.42. The summed E-state index contributed by atoms with van der Waals surface area (Å²) in [7, 11) is 0.695. The van der Waals surface area contributed by atoms with E-state index in [1.54, 1.807) is 12.1 Å². The van der Waals surface area contributed by atoms with Crippen molar-refractivity contribution in [1.29, 1.82) is 0 Å². The van der Waals surface area contributed by atoms with Gasteiger partial charge in [-0.2, -0.15) is 4.31 Å². The first kappa shape index (κ1) is 19.1. The zero-order valence-corrected chi connectivity index (χ0v) is 15.7. The summed E-state index contributed by atoms with van der Waals surface area (Å²) in [6, 6.07) is 12.3.